The lowest BCUT2D eigenvalue weighted by atomic mass is 10.0. The number of carboxylic acid groups (broad SMARTS) is 1. The maximum atomic E-state index is 13.1. The van der Waals surface area contributed by atoms with Crippen molar-refractivity contribution >= 4 is 16.9 Å². The second-order valence-corrected chi connectivity index (χ2v) is 7.71. The van der Waals surface area contributed by atoms with E-state index in [4.69, 9.17) is 4.74 Å². The number of carboxylic acids is 1. The second-order valence-electron chi connectivity index (χ2n) is 7.71. The highest BCUT2D eigenvalue weighted by molar-refractivity contribution is 6.03. The number of benzene rings is 2. The molecule has 8 heteroatoms. The van der Waals surface area contributed by atoms with Crippen LogP contribution >= 0.6 is 0 Å². The predicted molar refractivity (Wildman–Crippen MR) is 118 cm³/mol. The van der Waals surface area contributed by atoms with Gasteiger partial charge in [0.25, 0.3) is 0 Å². The van der Waals surface area contributed by atoms with Gasteiger partial charge in [0.05, 0.1) is 34.1 Å². The van der Waals surface area contributed by atoms with Crippen molar-refractivity contribution in [2.45, 2.75) is 26.1 Å². The molecule has 2 heterocycles. The number of ether oxygens (including phenoxy) is 1. The molecule has 0 radical (unpaired) electrons. The number of hydrogen-bond acceptors (Lipinski definition) is 4. The summed E-state index contributed by atoms with van der Waals surface area (Å²) in [5.74, 6) is -0.586. The fourth-order valence-corrected chi connectivity index (χ4v) is 3.42. The van der Waals surface area contributed by atoms with E-state index in [-0.39, 0.29) is 28.3 Å². The fourth-order valence-electron chi connectivity index (χ4n) is 3.42. The summed E-state index contributed by atoms with van der Waals surface area (Å²) in [6.07, 6.45) is -2.88. The highest BCUT2D eigenvalue weighted by Gasteiger charge is 2.31. The van der Waals surface area contributed by atoms with E-state index in [1.807, 2.05) is 44.2 Å². The molecular formula is C25H19F3N2O3. The normalized spacial score (nSPS) is 11.7. The molecule has 0 aliphatic heterocycles. The quantitative estimate of drug-likeness (QED) is 0.376. The number of pyridine rings is 2. The Hall–Kier alpha value is -3.94. The minimum absolute atomic E-state index is 0.0713. The summed E-state index contributed by atoms with van der Waals surface area (Å²) in [5.41, 5.74) is 1.36. The van der Waals surface area contributed by atoms with Crippen LogP contribution in [-0.2, 0) is 6.18 Å². The molecule has 2 aromatic heterocycles. The van der Waals surface area contributed by atoms with E-state index in [1.54, 1.807) is 12.3 Å². The van der Waals surface area contributed by atoms with Gasteiger partial charge < -0.3 is 9.84 Å². The first-order chi connectivity index (χ1) is 15.6. The fraction of sp³-hybridized carbons (Fsp3) is 0.160. The molecule has 0 spiro atoms. The van der Waals surface area contributed by atoms with Gasteiger partial charge in [-0.2, -0.15) is 13.2 Å². The predicted octanol–water partition coefficient (Wildman–Crippen LogP) is 6.47. The van der Waals surface area contributed by atoms with Gasteiger partial charge >= 0.3 is 12.1 Å². The number of aromatic nitrogens is 2. The number of fused-ring (bicyclic) bond motifs is 1. The Morgan fingerprint density at radius 3 is 2.21 bits per heavy atom. The van der Waals surface area contributed by atoms with Gasteiger partial charge in [0.2, 0.25) is 0 Å². The Bertz CT molecular complexity index is 1320. The molecule has 0 saturated carbocycles. The number of carbonyl (C=O) groups is 1. The van der Waals surface area contributed by atoms with Gasteiger partial charge in [-0.05, 0) is 61.9 Å². The van der Waals surface area contributed by atoms with E-state index in [0.717, 1.165) is 29.0 Å². The van der Waals surface area contributed by atoms with Crippen molar-refractivity contribution < 1.29 is 27.8 Å². The van der Waals surface area contributed by atoms with Crippen LogP contribution in [0.25, 0.3) is 33.4 Å². The first kappa shape index (κ1) is 22.3. The lowest BCUT2D eigenvalue weighted by Crippen LogP contribution is -2.06. The topological polar surface area (TPSA) is 72.3 Å². The van der Waals surface area contributed by atoms with Crippen LogP contribution in [0, 0.1) is 0 Å². The van der Waals surface area contributed by atoms with Crippen LogP contribution in [0.3, 0.4) is 0 Å². The van der Waals surface area contributed by atoms with E-state index < -0.39 is 17.7 Å². The Morgan fingerprint density at radius 2 is 1.64 bits per heavy atom. The smallest absolute Gasteiger partial charge is 0.416 e. The van der Waals surface area contributed by atoms with Crippen LogP contribution in [0.2, 0.25) is 0 Å². The standard InChI is InChI=1S/C25H19F3N2O3/c1-14(2)33-18-7-3-15(4-8-18)16-5-9-22(29-13-16)23-12-20(24(31)32)19-11-17(25(26,27)28)6-10-21(19)30-23/h3-14H,1-2H3,(H,31,32). The molecule has 0 saturated heterocycles. The Kier molecular flexibility index (Phi) is 5.76. The van der Waals surface area contributed by atoms with Gasteiger partial charge in [0, 0.05) is 17.1 Å². The maximum Gasteiger partial charge on any atom is 0.416 e. The van der Waals surface area contributed by atoms with Crippen LogP contribution in [0.4, 0.5) is 13.2 Å². The van der Waals surface area contributed by atoms with Gasteiger partial charge in [0.15, 0.2) is 0 Å². The molecule has 0 fully saturated rings. The number of nitrogens with zero attached hydrogens (tertiary/aromatic N) is 2. The van der Waals surface area contributed by atoms with Crippen LogP contribution in [0.15, 0.2) is 66.9 Å². The summed E-state index contributed by atoms with van der Waals surface area (Å²) < 4.78 is 44.8. The van der Waals surface area contributed by atoms with Crippen molar-refractivity contribution in [1.82, 2.24) is 9.97 Å². The first-order valence-corrected chi connectivity index (χ1v) is 10.1. The molecule has 0 bridgehead atoms. The molecule has 2 aromatic carbocycles. The molecule has 5 nitrogen and oxygen atoms in total. The molecule has 0 amide bonds. The summed E-state index contributed by atoms with van der Waals surface area (Å²) in [7, 11) is 0. The minimum Gasteiger partial charge on any atom is -0.491 e. The number of rotatable bonds is 5. The molecule has 1 N–H and O–H groups in total. The van der Waals surface area contributed by atoms with Gasteiger partial charge in [-0.1, -0.05) is 18.2 Å². The van der Waals surface area contributed by atoms with Gasteiger partial charge in [0.1, 0.15) is 5.75 Å². The molecule has 0 aliphatic rings. The Morgan fingerprint density at radius 1 is 0.939 bits per heavy atom. The summed E-state index contributed by atoms with van der Waals surface area (Å²) >= 11 is 0. The van der Waals surface area contributed by atoms with E-state index in [0.29, 0.717) is 5.69 Å². The molecule has 0 aliphatic carbocycles. The summed E-state index contributed by atoms with van der Waals surface area (Å²) in [5, 5.41) is 9.50. The van der Waals surface area contributed by atoms with Crippen LogP contribution in [-0.4, -0.2) is 27.1 Å². The van der Waals surface area contributed by atoms with Crippen molar-refractivity contribution in [3.8, 4) is 28.3 Å². The molecule has 4 rings (SSSR count). The third-order valence-corrected chi connectivity index (χ3v) is 4.95. The van der Waals surface area contributed by atoms with Gasteiger partial charge in [-0.3, -0.25) is 4.98 Å². The Balaban J connectivity index is 1.69. The molecule has 0 unspecified atom stereocenters. The molecule has 4 aromatic rings. The highest BCUT2D eigenvalue weighted by atomic mass is 19.4. The zero-order valence-electron chi connectivity index (χ0n) is 17.7. The van der Waals surface area contributed by atoms with Gasteiger partial charge in [-0.15, -0.1) is 0 Å². The van der Waals surface area contributed by atoms with Crippen molar-refractivity contribution in [3.63, 3.8) is 0 Å². The van der Waals surface area contributed by atoms with Crippen molar-refractivity contribution in [2.75, 3.05) is 0 Å². The van der Waals surface area contributed by atoms with E-state index in [1.165, 1.54) is 12.1 Å². The minimum atomic E-state index is -4.58. The summed E-state index contributed by atoms with van der Waals surface area (Å²) in [4.78, 5) is 20.5. The van der Waals surface area contributed by atoms with E-state index in [2.05, 4.69) is 9.97 Å². The van der Waals surface area contributed by atoms with Crippen LogP contribution in [0.1, 0.15) is 29.8 Å². The van der Waals surface area contributed by atoms with Crippen molar-refractivity contribution in [1.29, 1.82) is 0 Å². The van der Waals surface area contributed by atoms with E-state index >= 15 is 0 Å². The summed E-state index contributed by atoms with van der Waals surface area (Å²) in [6, 6.07) is 15.1. The van der Waals surface area contributed by atoms with E-state index in [9.17, 15) is 23.1 Å². The number of hydrogen-bond donors (Lipinski definition) is 1. The third kappa shape index (κ3) is 4.79. The largest absolute Gasteiger partial charge is 0.491 e. The van der Waals surface area contributed by atoms with Gasteiger partial charge in [-0.25, -0.2) is 9.78 Å². The average molecular weight is 452 g/mol. The lowest BCUT2D eigenvalue weighted by molar-refractivity contribution is -0.137. The average Bonchev–Trinajstić information content (AvgIpc) is 2.77. The number of aromatic carboxylic acids is 1. The lowest BCUT2D eigenvalue weighted by Gasteiger charge is -2.11. The van der Waals surface area contributed by atoms with Crippen LogP contribution in [0.5, 0.6) is 5.75 Å². The summed E-state index contributed by atoms with van der Waals surface area (Å²) in [6.45, 7) is 3.89. The zero-order valence-corrected chi connectivity index (χ0v) is 17.7. The second kappa shape index (κ2) is 8.54. The first-order valence-electron chi connectivity index (χ1n) is 10.1. The number of halogens is 3. The van der Waals surface area contributed by atoms with Crippen LogP contribution < -0.4 is 4.74 Å². The molecule has 33 heavy (non-hydrogen) atoms. The molecular weight excluding hydrogens is 433 g/mol. The number of alkyl halides is 3. The molecule has 168 valence electrons. The van der Waals surface area contributed by atoms with Crippen molar-refractivity contribution in [3.05, 3.63) is 78.0 Å². The van der Waals surface area contributed by atoms with Crippen molar-refractivity contribution in [2.24, 2.45) is 0 Å². The zero-order chi connectivity index (χ0) is 23.8. The SMILES string of the molecule is CC(C)Oc1ccc(-c2ccc(-c3cc(C(=O)O)c4cc(C(F)(F)F)ccc4n3)nc2)cc1. The Labute approximate surface area is 187 Å². The third-order valence-electron chi connectivity index (χ3n) is 4.95. The molecule has 0 atom stereocenters. The monoisotopic (exact) mass is 452 g/mol. The highest BCUT2D eigenvalue weighted by Crippen LogP contribution is 2.33. The maximum absolute atomic E-state index is 13.1.